The Morgan fingerprint density at radius 1 is 1.05 bits per heavy atom. The van der Waals surface area contributed by atoms with Crippen LogP contribution in [0.15, 0.2) is 83.7 Å². The molecular formula is C30H33N3O3S. The second-order valence-electron chi connectivity index (χ2n) is 10.0. The molecular weight excluding hydrogens is 482 g/mol. The molecule has 1 aliphatic carbocycles. The first kappa shape index (κ1) is 24.1. The van der Waals surface area contributed by atoms with Crippen molar-refractivity contribution < 1.29 is 14.3 Å². The van der Waals surface area contributed by atoms with Gasteiger partial charge in [-0.1, -0.05) is 36.4 Å². The minimum Gasteiger partial charge on any atom is -0.456 e. The van der Waals surface area contributed by atoms with E-state index in [0.29, 0.717) is 0 Å². The number of fused-ring (bicyclic) bond motifs is 1. The van der Waals surface area contributed by atoms with E-state index in [0.717, 1.165) is 86.2 Å². The third-order valence-corrected chi connectivity index (χ3v) is 8.70. The summed E-state index contributed by atoms with van der Waals surface area (Å²) in [7, 11) is 0. The minimum absolute atomic E-state index is 0.132. The Morgan fingerprint density at radius 3 is 2.65 bits per heavy atom. The minimum atomic E-state index is 0.132. The molecule has 1 saturated heterocycles. The highest BCUT2D eigenvalue weighted by atomic mass is 32.1. The number of hydrogen-bond donors (Lipinski definition) is 0. The first-order valence-corrected chi connectivity index (χ1v) is 14.1. The molecule has 0 spiro atoms. The van der Waals surface area contributed by atoms with Crippen LogP contribution in [0.2, 0.25) is 0 Å². The van der Waals surface area contributed by atoms with E-state index in [4.69, 9.17) is 9.47 Å². The Kier molecular flexibility index (Phi) is 6.89. The van der Waals surface area contributed by atoms with Crippen molar-refractivity contribution in [3.05, 3.63) is 99.7 Å². The van der Waals surface area contributed by atoms with Gasteiger partial charge in [-0.25, -0.2) is 0 Å². The number of hydrogen-bond acceptors (Lipinski definition) is 6. The molecule has 6 nitrogen and oxygen atoms in total. The third kappa shape index (κ3) is 4.98. The molecule has 0 radical (unpaired) electrons. The first-order valence-electron chi connectivity index (χ1n) is 13.2. The van der Waals surface area contributed by atoms with Crippen molar-refractivity contribution in [3.8, 4) is 0 Å². The maximum Gasteiger partial charge on any atom is 0.268 e. The van der Waals surface area contributed by atoms with E-state index in [9.17, 15) is 4.79 Å². The number of allylic oxidation sites excluding steroid dienone is 4. The average molecular weight is 516 g/mol. The lowest BCUT2D eigenvalue weighted by Crippen LogP contribution is -2.54. The summed E-state index contributed by atoms with van der Waals surface area (Å²) in [6.45, 7) is 6.48. The molecule has 1 atom stereocenters. The predicted octanol–water partition coefficient (Wildman–Crippen LogP) is 5.60. The summed E-state index contributed by atoms with van der Waals surface area (Å²) in [6.07, 6.45) is 13.8. The van der Waals surface area contributed by atoms with Crippen molar-refractivity contribution in [3.63, 3.8) is 0 Å². The van der Waals surface area contributed by atoms with Crippen LogP contribution in [0.1, 0.15) is 40.1 Å². The van der Waals surface area contributed by atoms with Gasteiger partial charge in [0.2, 0.25) is 5.88 Å². The molecule has 37 heavy (non-hydrogen) atoms. The van der Waals surface area contributed by atoms with E-state index in [1.807, 2.05) is 24.4 Å². The van der Waals surface area contributed by atoms with Gasteiger partial charge in [-0.15, -0.1) is 11.3 Å². The standard InChI is InChI=1S/C30H33N3O3S/c1-22-13-18-37-29(22)30(34)33-25(12-11-23-7-5-6-10-26(23)33)19-31-14-16-32(17-15-31)28-21-35-27(20-36-28)24-8-3-2-4-9-24/h2-3,5-8,10,13,18,20-21,25H,4,9,11-12,14-17,19H2,1H3. The topological polar surface area (TPSA) is 45.3 Å². The fourth-order valence-electron chi connectivity index (χ4n) is 5.60. The first-order chi connectivity index (χ1) is 18.2. The number of carbonyl (C=O) groups is 1. The van der Waals surface area contributed by atoms with Crippen molar-refractivity contribution in [1.82, 2.24) is 9.80 Å². The van der Waals surface area contributed by atoms with Crippen molar-refractivity contribution in [2.75, 3.05) is 37.6 Å². The van der Waals surface area contributed by atoms with Gasteiger partial charge >= 0.3 is 0 Å². The van der Waals surface area contributed by atoms with Gasteiger partial charge in [-0.05, 0) is 66.8 Å². The van der Waals surface area contributed by atoms with E-state index < -0.39 is 0 Å². The zero-order chi connectivity index (χ0) is 25.2. The van der Waals surface area contributed by atoms with Crippen LogP contribution >= 0.6 is 11.3 Å². The summed E-state index contributed by atoms with van der Waals surface area (Å²) >= 11 is 1.54. The Hall–Kier alpha value is -3.29. The van der Waals surface area contributed by atoms with Crippen LogP contribution in [0.5, 0.6) is 0 Å². The van der Waals surface area contributed by atoms with Gasteiger partial charge in [0.05, 0.1) is 10.9 Å². The third-order valence-electron chi connectivity index (χ3n) is 7.69. The lowest BCUT2D eigenvalue weighted by Gasteiger charge is -2.42. The molecule has 1 unspecified atom stereocenters. The highest BCUT2D eigenvalue weighted by Crippen LogP contribution is 2.34. The largest absolute Gasteiger partial charge is 0.456 e. The van der Waals surface area contributed by atoms with E-state index >= 15 is 0 Å². The number of anilines is 1. The fourth-order valence-corrected chi connectivity index (χ4v) is 6.46. The summed E-state index contributed by atoms with van der Waals surface area (Å²) in [5, 5.41) is 2.01. The summed E-state index contributed by atoms with van der Waals surface area (Å²) in [5.74, 6) is 1.70. The average Bonchev–Trinajstić information content (AvgIpc) is 3.39. The second-order valence-corrected chi connectivity index (χ2v) is 11.0. The maximum atomic E-state index is 13.8. The second kappa shape index (κ2) is 10.6. The van der Waals surface area contributed by atoms with Gasteiger partial charge in [-0.2, -0.15) is 0 Å². The smallest absolute Gasteiger partial charge is 0.268 e. The predicted molar refractivity (Wildman–Crippen MR) is 147 cm³/mol. The maximum absolute atomic E-state index is 13.8. The molecule has 4 heterocycles. The van der Waals surface area contributed by atoms with Gasteiger partial charge in [-0.3, -0.25) is 9.69 Å². The van der Waals surface area contributed by atoms with Crippen LogP contribution in [0.25, 0.3) is 0 Å². The van der Waals surface area contributed by atoms with Crippen LogP contribution in [-0.2, 0) is 15.9 Å². The summed E-state index contributed by atoms with van der Waals surface area (Å²) < 4.78 is 11.9. The van der Waals surface area contributed by atoms with Crippen LogP contribution in [-0.4, -0.2) is 54.5 Å². The number of amides is 1. The van der Waals surface area contributed by atoms with Crippen molar-refractivity contribution in [2.45, 2.75) is 38.6 Å². The zero-order valence-corrected chi connectivity index (χ0v) is 22.1. The van der Waals surface area contributed by atoms with Gasteiger partial charge in [0.1, 0.15) is 6.26 Å². The summed E-state index contributed by atoms with van der Waals surface area (Å²) in [4.78, 5) is 21.4. The fraction of sp³-hybridized carbons (Fsp3) is 0.367. The van der Waals surface area contributed by atoms with Gasteiger partial charge in [0.25, 0.3) is 5.91 Å². The number of carbonyl (C=O) groups excluding carboxylic acids is 1. The normalized spacial score (nSPS) is 21.9. The van der Waals surface area contributed by atoms with Crippen LogP contribution < -0.4 is 4.90 Å². The number of thiophene rings is 1. The van der Waals surface area contributed by atoms with Crippen LogP contribution in [0.4, 0.5) is 5.69 Å². The number of piperazine rings is 1. The molecule has 0 N–H and O–H groups in total. The van der Waals surface area contributed by atoms with E-state index in [1.165, 1.54) is 11.1 Å². The zero-order valence-electron chi connectivity index (χ0n) is 21.3. The molecule has 2 aromatic rings. The van der Waals surface area contributed by atoms with Crippen LogP contribution in [0.3, 0.4) is 0 Å². The SMILES string of the molecule is Cc1ccsc1C(=O)N1c2ccccc2CCC1CN1CCN(C2=COC(C3=CC=CCC3)=CO2)CC1. The van der Waals surface area contributed by atoms with E-state index in [1.54, 1.807) is 23.9 Å². The Balaban J connectivity index is 1.10. The molecule has 1 fully saturated rings. The molecule has 0 saturated carbocycles. The number of rotatable bonds is 5. The number of para-hydroxylation sites is 1. The van der Waals surface area contributed by atoms with Gasteiger partial charge in [0, 0.05) is 38.4 Å². The van der Waals surface area contributed by atoms with Crippen LogP contribution in [0, 0.1) is 6.92 Å². The van der Waals surface area contributed by atoms with Crippen molar-refractivity contribution >= 4 is 22.9 Å². The molecule has 0 bridgehead atoms. The molecule has 3 aliphatic heterocycles. The highest BCUT2D eigenvalue weighted by Gasteiger charge is 2.34. The molecule has 1 aromatic carbocycles. The van der Waals surface area contributed by atoms with Crippen molar-refractivity contribution in [1.29, 1.82) is 0 Å². The van der Waals surface area contributed by atoms with E-state index in [-0.39, 0.29) is 11.9 Å². The number of aryl methyl sites for hydroxylation is 2. The quantitative estimate of drug-likeness (QED) is 0.519. The number of ether oxygens (including phenoxy) is 2. The van der Waals surface area contributed by atoms with E-state index in [2.05, 4.69) is 51.1 Å². The monoisotopic (exact) mass is 515 g/mol. The number of nitrogens with zero attached hydrogens (tertiary/aromatic N) is 3. The molecule has 192 valence electrons. The molecule has 4 aliphatic rings. The Labute approximate surface area is 222 Å². The van der Waals surface area contributed by atoms with Crippen molar-refractivity contribution in [2.24, 2.45) is 0 Å². The Bertz CT molecular complexity index is 1280. The molecule has 6 rings (SSSR count). The lowest BCUT2D eigenvalue weighted by molar-refractivity contribution is 0.0792. The Morgan fingerprint density at radius 2 is 1.92 bits per heavy atom. The lowest BCUT2D eigenvalue weighted by atomic mass is 9.94. The highest BCUT2D eigenvalue weighted by molar-refractivity contribution is 7.12. The summed E-state index contributed by atoms with van der Waals surface area (Å²) in [5.41, 5.74) is 4.56. The molecule has 1 aromatic heterocycles. The molecule has 7 heteroatoms. The van der Waals surface area contributed by atoms with Gasteiger partial charge in [0.15, 0.2) is 12.0 Å². The number of benzene rings is 1. The molecule has 1 amide bonds. The van der Waals surface area contributed by atoms with Gasteiger partial charge < -0.3 is 19.3 Å². The summed E-state index contributed by atoms with van der Waals surface area (Å²) in [6, 6.07) is 10.6.